The van der Waals surface area contributed by atoms with E-state index in [-0.39, 0.29) is 29.5 Å². The highest BCUT2D eigenvalue weighted by Gasteiger charge is 2.21. The first-order chi connectivity index (χ1) is 17.9. The molecule has 3 aromatic carbocycles. The second kappa shape index (κ2) is 11.9. The fourth-order valence-corrected chi connectivity index (χ4v) is 4.06. The minimum Gasteiger partial charge on any atom is -0.487 e. The maximum absolute atomic E-state index is 12.7. The topological polar surface area (TPSA) is 105 Å². The number of benzene rings is 3. The molecule has 0 bridgehead atoms. The maximum atomic E-state index is 12.7. The second-order valence-electron chi connectivity index (χ2n) is 8.43. The fraction of sp³-hybridized carbons (Fsp3) is 0.214. The van der Waals surface area contributed by atoms with Crippen LogP contribution in [0.5, 0.6) is 5.75 Å². The number of piperazine rings is 1. The van der Waals surface area contributed by atoms with Crippen molar-refractivity contribution < 1.29 is 19.2 Å². The number of nitro benzene ring substituents is 1. The highest BCUT2D eigenvalue weighted by molar-refractivity contribution is 6.05. The zero-order valence-corrected chi connectivity index (χ0v) is 20.5. The van der Waals surface area contributed by atoms with Crippen LogP contribution in [-0.2, 0) is 4.79 Å². The Bertz CT molecular complexity index is 1280. The Morgan fingerprint density at radius 2 is 1.70 bits per heavy atom. The lowest BCUT2D eigenvalue weighted by Gasteiger charge is -2.35. The van der Waals surface area contributed by atoms with Crippen molar-refractivity contribution in [1.29, 1.82) is 0 Å². The number of hydrogen-bond acceptors (Lipinski definition) is 6. The van der Waals surface area contributed by atoms with Gasteiger partial charge in [0.1, 0.15) is 0 Å². The van der Waals surface area contributed by atoms with Crippen LogP contribution in [0.1, 0.15) is 22.8 Å². The van der Waals surface area contributed by atoms with E-state index in [9.17, 15) is 19.7 Å². The number of rotatable bonds is 8. The molecule has 1 saturated heterocycles. The molecule has 1 N–H and O–H groups in total. The van der Waals surface area contributed by atoms with Crippen molar-refractivity contribution in [3.05, 3.63) is 100 Å². The van der Waals surface area contributed by atoms with Gasteiger partial charge in [0.2, 0.25) is 5.91 Å². The molecule has 3 aromatic rings. The monoisotopic (exact) mass is 500 g/mol. The number of carbonyl (C=O) groups excluding carboxylic acids is 2. The average molecular weight is 501 g/mol. The van der Waals surface area contributed by atoms with E-state index in [1.54, 1.807) is 25.1 Å². The van der Waals surface area contributed by atoms with Gasteiger partial charge in [-0.15, -0.1) is 0 Å². The lowest BCUT2D eigenvalue weighted by molar-refractivity contribution is -0.385. The van der Waals surface area contributed by atoms with E-state index in [1.807, 2.05) is 53.4 Å². The van der Waals surface area contributed by atoms with Gasteiger partial charge in [-0.2, -0.15) is 0 Å². The summed E-state index contributed by atoms with van der Waals surface area (Å²) >= 11 is 0. The van der Waals surface area contributed by atoms with Crippen molar-refractivity contribution >= 4 is 35.0 Å². The highest BCUT2D eigenvalue weighted by atomic mass is 16.6. The summed E-state index contributed by atoms with van der Waals surface area (Å²) in [6.45, 7) is 4.66. The Kier molecular flexibility index (Phi) is 8.15. The highest BCUT2D eigenvalue weighted by Crippen LogP contribution is 2.28. The van der Waals surface area contributed by atoms with E-state index >= 15 is 0 Å². The molecule has 2 amide bonds. The number of nitrogens with zero attached hydrogens (tertiary/aromatic N) is 3. The summed E-state index contributed by atoms with van der Waals surface area (Å²) in [4.78, 5) is 40.0. The van der Waals surface area contributed by atoms with Crippen LogP contribution in [0.25, 0.3) is 6.08 Å². The largest absolute Gasteiger partial charge is 0.487 e. The van der Waals surface area contributed by atoms with Gasteiger partial charge in [0.25, 0.3) is 5.91 Å². The molecule has 0 aliphatic carbocycles. The third-order valence-electron chi connectivity index (χ3n) is 6.02. The average Bonchev–Trinajstić information content (AvgIpc) is 2.93. The molecule has 9 heteroatoms. The molecular weight excluding hydrogens is 472 g/mol. The van der Waals surface area contributed by atoms with Crippen molar-refractivity contribution in [3.8, 4) is 5.75 Å². The zero-order valence-electron chi connectivity index (χ0n) is 20.5. The van der Waals surface area contributed by atoms with Gasteiger partial charge in [-0.05, 0) is 55.0 Å². The van der Waals surface area contributed by atoms with Crippen LogP contribution >= 0.6 is 0 Å². The number of anilines is 2. The maximum Gasteiger partial charge on any atom is 0.311 e. The third-order valence-corrected chi connectivity index (χ3v) is 6.02. The van der Waals surface area contributed by atoms with Crippen molar-refractivity contribution in [2.24, 2.45) is 0 Å². The molecule has 0 atom stereocenters. The van der Waals surface area contributed by atoms with Crippen LogP contribution < -0.4 is 15.0 Å². The van der Waals surface area contributed by atoms with Gasteiger partial charge in [-0.25, -0.2) is 0 Å². The standard InChI is InChI=1S/C28H28N4O5/c1-2-37-26-14-9-22(20-25(26)32(35)36)28(34)29-23-10-12-24(13-11-23)30-16-18-31(19-17-30)27(33)15-8-21-6-4-3-5-7-21/h3-15,20H,2,16-19H2,1H3,(H,29,34)/b15-8+. The molecule has 37 heavy (non-hydrogen) atoms. The van der Waals surface area contributed by atoms with Crippen LogP contribution in [0.3, 0.4) is 0 Å². The molecule has 190 valence electrons. The molecular formula is C28H28N4O5. The zero-order chi connectivity index (χ0) is 26.2. The summed E-state index contributed by atoms with van der Waals surface area (Å²) in [5.41, 5.74) is 2.47. The molecule has 1 fully saturated rings. The smallest absolute Gasteiger partial charge is 0.311 e. The Balaban J connectivity index is 1.32. The molecule has 1 aliphatic rings. The van der Waals surface area contributed by atoms with Crippen molar-refractivity contribution in [3.63, 3.8) is 0 Å². The molecule has 0 aromatic heterocycles. The van der Waals surface area contributed by atoms with Crippen molar-refractivity contribution in [2.45, 2.75) is 6.92 Å². The predicted molar refractivity (Wildman–Crippen MR) is 143 cm³/mol. The van der Waals surface area contributed by atoms with E-state index < -0.39 is 10.8 Å². The first-order valence-electron chi connectivity index (χ1n) is 12.0. The van der Waals surface area contributed by atoms with E-state index in [0.717, 1.165) is 11.3 Å². The second-order valence-corrected chi connectivity index (χ2v) is 8.43. The summed E-state index contributed by atoms with van der Waals surface area (Å²) in [6.07, 6.45) is 3.44. The number of amides is 2. The minimum atomic E-state index is -0.566. The lowest BCUT2D eigenvalue weighted by Crippen LogP contribution is -2.48. The van der Waals surface area contributed by atoms with Crippen molar-refractivity contribution in [1.82, 2.24) is 4.90 Å². The SMILES string of the molecule is CCOc1ccc(C(=O)Nc2ccc(N3CCN(C(=O)/C=C/c4ccccc4)CC3)cc2)cc1[N+](=O)[O-]. The number of carbonyl (C=O) groups is 2. The van der Waals surface area contributed by atoms with Gasteiger partial charge in [0.15, 0.2) is 5.75 Å². The molecule has 1 heterocycles. The lowest BCUT2D eigenvalue weighted by atomic mass is 10.1. The van der Waals surface area contributed by atoms with E-state index in [0.29, 0.717) is 31.9 Å². The molecule has 0 saturated carbocycles. The van der Waals surface area contributed by atoms with Gasteiger partial charge < -0.3 is 19.9 Å². The van der Waals surface area contributed by atoms with Gasteiger partial charge in [0.05, 0.1) is 11.5 Å². The minimum absolute atomic E-state index is 0.00362. The summed E-state index contributed by atoms with van der Waals surface area (Å²) in [7, 11) is 0. The first kappa shape index (κ1) is 25.4. The molecule has 0 unspecified atom stereocenters. The molecule has 9 nitrogen and oxygen atoms in total. The molecule has 1 aliphatic heterocycles. The molecule has 4 rings (SSSR count). The summed E-state index contributed by atoms with van der Waals surface area (Å²) < 4.78 is 5.27. The summed E-state index contributed by atoms with van der Waals surface area (Å²) in [6, 6.07) is 21.3. The normalized spacial score (nSPS) is 13.4. The van der Waals surface area contributed by atoms with Crippen LogP contribution in [0.2, 0.25) is 0 Å². The number of nitro groups is 1. The van der Waals surface area contributed by atoms with Crippen LogP contribution in [-0.4, -0.2) is 54.4 Å². The van der Waals surface area contributed by atoms with Crippen molar-refractivity contribution in [2.75, 3.05) is 43.0 Å². The molecule has 0 radical (unpaired) electrons. The van der Waals surface area contributed by atoms with E-state index in [4.69, 9.17) is 4.74 Å². The van der Waals surface area contributed by atoms with Crippen LogP contribution in [0.4, 0.5) is 17.1 Å². The van der Waals surface area contributed by atoms with Gasteiger partial charge in [-0.1, -0.05) is 30.3 Å². The quantitative estimate of drug-likeness (QED) is 0.275. The Hall–Kier alpha value is -4.66. The first-order valence-corrected chi connectivity index (χ1v) is 12.0. The van der Waals surface area contributed by atoms with Crippen LogP contribution in [0.15, 0.2) is 78.9 Å². The number of ether oxygens (including phenoxy) is 1. The van der Waals surface area contributed by atoms with E-state index in [1.165, 1.54) is 18.2 Å². The summed E-state index contributed by atoms with van der Waals surface area (Å²) in [5.74, 6) is -0.326. The number of hydrogen-bond donors (Lipinski definition) is 1. The molecule has 0 spiro atoms. The Morgan fingerprint density at radius 3 is 2.35 bits per heavy atom. The van der Waals surface area contributed by atoms with Crippen LogP contribution in [0, 0.1) is 10.1 Å². The number of nitrogens with one attached hydrogen (secondary N) is 1. The Labute approximate surface area is 215 Å². The predicted octanol–water partition coefficient (Wildman–Crippen LogP) is 4.61. The third kappa shape index (κ3) is 6.52. The Morgan fingerprint density at radius 1 is 1.00 bits per heavy atom. The van der Waals surface area contributed by atoms with Gasteiger partial charge in [-0.3, -0.25) is 19.7 Å². The summed E-state index contributed by atoms with van der Waals surface area (Å²) in [5, 5.41) is 14.1. The fourth-order valence-electron chi connectivity index (χ4n) is 4.06. The van der Waals surface area contributed by atoms with Gasteiger partial charge in [0, 0.05) is 55.3 Å². The van der Waals surface area contributed by atoms with E-state index in [2.05, 4.69) is 10.2 Å². The van der Waals surface area contributed by atoms with Gasteiger partial charge >= 0.3 is 5.69 Å².